The van der Waals surface area contributed by atoms with Crippen molar-refractivity contribution in [1.82, 2.24) is 0 Å². The smallest absolute Gasteiger partial charge is 0.211 e. The van der Waals surface area contributed by atoms with Crippen molar-refractivity contribution in [3.63, 3.8) is 0 Å². The Balaban J connectivity index is 3.19. The summed E-state index contributed by atoms with van der Waals surface area (Å²) >= 11 is 0. The van der Waals surface area contributed by atoms with Crippen LogP contribution in [0.25, 0.3) is 0 Å². The van der Waals surface area contributed by atoms with Crippen LogP contribution in [0.5, 0.6) is 0 Å². The Morgan fingerprint density at radius 3 is 2.64 bits per heavy atom. The fourth-order valence-electron chi connectivity index (χ4n) is 0.980. The first-order valence-corrected chi connectivity index (χ1v) is 3.39. The average Bonchev–Trinajstić information content (AvgIpc) is 1.95. The summed E-state index contributed by atoms with van der Waals surface area (Å²) in [7, 11) is 3.92. The molecule has 0 radical (unpaired) electrons. The third-order valence-corrected chi connectivity index (χ3v) is 1.52. The van der Waals surface area contributed by atoms with Crippen molar-refractivity contribution in [1.29, 1.82) is 0 Å². The first-order valence-electron chi connectivity index (χ1n) is 3.39. The summed E-state index contributed by atoms with van der Waals surface area (Å²) < 4.78 is 0. The molecule has 4 heteroatoms. The highest BCUT2D eigenvalue weighted by Gasteiger charge is 1.94. The van der Waals surface area contributed by atoms with Crippen LogP contribution in [0.15, 0.2) is 23.2 Å². The molecule has 0 aliphatic heterocycles. The topological polar surface area (TPSA) is 29.4 Å². The number of isocyanates is 1. The maximum Gasteiger partial charge on any atom is 0.240 e. The van der Waals surface area contributed by atoms with E-state index in [1.54, 1.807) is 0 Å². The van der Waals surface area contributed by atoms with Crippen LogP contribution in [-0.2, 0) is 4.79 Å². The molecule has 0 saturated heterocycles. The number of carbonyl (C=O) groups excluding carboxylic acids is 1. The second-order valence-corrected chi connectivity index (χ2v) is 2.49. The van der Waals surface area contributed by atoms with E-state index < -0.39 is 0 Å². The minimum atomic E-state index is 0.700. The van der Waals surface area contributed by atoms with E-state index >= 15 is 0 Å². The molecule has 0 saturated carbocycles. The molecule has 1 rings (SSSR count). The monoisotopic (exact) mass is 143 g/mol. The number of aliphatic imine (C=N–C) groups is 1. The molecule has 1 aromatic rings. The van der Waals surface area contributed by atoms with E-state index in [0.717, 1.165) is 5.46 Å². The molecule has 1 aromatic carbocycles. The average molecular weight is 143 g/mol. The zero-order valence-corrected chi connectivity index (χ0v) is 6.59. The SMILES string of the molecule is Bc1ccc(N=C=O)c(B)c1. The molecule has 0 aromatic heterocycles. The fourth-order valence-corrected chi connectivity index (χ4v) is 0.980. The van der Waals surface area contributed by atoms with Gasteiger partial charge in [-0.2, -0.15) is 4.99 Å². The summed E-state index contributed by atoms with van der Waals surface area (Å²) in [6.45, 7) is 0. The largest absolute Gasteiger partial charge is 0.240 e. The molecule has 2 nitrogen and oxygen atoms in total. The summed E-state index contributed by atoms with van der Waals surface area (Å²) in [5.74, 6) is 0. The third kappa shape index (κ3) is 1.82. The van der Waals surface area contributed by atoms with Gasteiger partial charge in [-0.25, -0.2) is 4.79 Å². The molecular formula is C7H7B2NO. The van der Waals surface area contributed by atoms with E-state index in [2.05, 4.69) is 4.99 Å². The number of rotatable bonds is 1. The number of hydrogen-bond acceptors (Lipinski definition) is 2. The molecule has 0 bridgehead atoms. The lowest BCUT2D eigenvalue weighted by molar-refractivity contribution is 0.565. The van der Waals surface area contributed by atoms with Gasteiger partial charge < -0.3 is 0 Å². The maximum absolute atomic E-state index is 9.92. The zero-order valence-electron chi connectivity index (χ0n) is 6.59. The molecule has 0 aliphatic carbocycles. The van der Waals surface area contributed by atoms with Gasteiger partial charge in [0, 0.05) is 0 Å². The molecule has 0 heterocycles. The number of nitrogens with zero attached hydrogens (tertiary/aromatic N) is 1. The first kappa shape index (κ1) is 7.83. The molecule has 0 atom stereocenters. The number of benzene rings is 1. The van der Waals surface area contributed by atoms with Crippen LogP contribution in [0.4, 0.5) is 5.69 Å². The van der Waals surface area contributed by atoms with Gasteiger partial charge in [0.2, 0.25) is 6.08 Å². The van der Waals surface area contributed by atoms with E-state index in [0.29, 0.717) is 5.69 Å². The molecular weight excluding hydrogens is 136 g/mol. The molecule has 0 N–H and O–H groups in total. The van der Waals surface area contributed by atoms with Crippen molar-refractivity contribution in [2.45, 2.75) is 0 Å². The maximum atomic E-state index is 9.92. The second kappa shape index (κ2) is 3.22. The van der Waals surface area contributed by atoms with Gasteiger partial charge in [-0.1, -0.05) is 23.1 Å². The highest BCUT2D eigenvalue weighted by Crippen LogP contribution is 2.02. The summed E-state index contributed by atoms with van der Waals surface area (Å²) in [6, 6.07) is 5.72. The van der Waals surface area contributed by atoms with Gasteiger partial charge in [-0.3, -0.25) is 0 Å². The van der Waals surface area contributed by atoms with Crippen LogP contribution >= 0.6 is 0 Å². The summed E-state index contributed by atoms with van der Waals surface area (Å²) in [6.07, 6.45) is 1.52. The minimum Gasteiger partial charge on any atom is -0.211 e. The van der Waals surface area contributed by atoms with Crippen molar-refractivity contribution in [2.75, 3.05) is 0 Å². The molecule has 0 aliphatic rings. The van der Waals surface area contributed by atoms with Crippen molar-refractivity contribution >= 4 is 38.4 Å². The zero-order chi connectivity index (χ0) is 8.27. The first-order chi connectivity index (χ1) is 5.24. The highest BCUT2D eigenvalue weighted by atomic mass is 16.1. The Kier molecular flexibility index (Phi) is 2.29. The lowest BCUT2D eigenvalue weighted by Gasteiger charge is -1.98. The lowest BCUT2D eigenvalue weighted by Crippen LogP contribution is -2.12. The molecule has 0 unspecified atom stereocenters. The van der Waals surface area contributed by atoms with Crippen LogP contribution in [0, 0.1) is 0 Å². The summed E-state index contributed by atoms with van der Waals surface area (Å²) in [5, 5.41) is 0. The van der Waals surface area contributed by atoms with Gasteiger partial charge in [0.25, 0.3) is 0 Å². The van der Waals surface area contributed by atoms with Crippen LogP contribution < -0.4 is 10.9 Å². The quantitative estimate of drug-likeness (QED) is 0.258. The Bertz CT molecular complexity index is 318. The van der Waals surface area contributed by atoms with E-state index in [1.165, 1.54) is 11.5 Å². The summed E-state index contributed by atoms with van der Waals surface area (Å²) in [4.78, 5) is 13.5. The van der Waals surface area contributed by atoms with Gasteiger partial charge >= 0.3 is 0 Å². The fraction of sp³-hybridized carbons (Fsp3) is 0. The van der Waals surface area contributed by atoms with Gasteiger partial charge in [-0.15, -0.1) is 0 Å². The van der Waals surface area contributed by atoms with Crippen molar-refractivity contribution in [3.05, 3.63) is 18.2 Å². The third-order valence-electron chi connectivity index (χ3n) is 1.52. The normalized spacial score (nSPS) is 8.73. The van der Waals surface area contributed by atoms with E-state index in [4.69, 9.17) is 0 Å². The van der Waals surface area contributed by atoms with Crippen molar-refractivity contribution in [2.24, 2.45) is 4.99 Å². The van der Waals surface area contributed by atoms with Gasteiger partial charge in [0.15, 0.2) is 0 Å². The van der Waals surface area contributed by atoms with Crippen molar-refractivity contribution in [3.8, 4) is 0 Å². The van der Waals surface area contributed by atoms with Crippen molar-refractivity contribution < 1.29 is 4.79 Å². The van der Waals surface area contributed by atoms with Crippen LogP contribution in [0.2, 0.25) is 0 Å². The predicted octanol–water partition coefficient (Wildman–Crippen LogP) is -1.83. The predicted molar refractivity (Wildman–Crippen MR) is 50.6 cm³/mol. The second-order valence-electron chi connectivity index (χ2n) is 2.49. The summed E-state index contributed by atoms with van der Waals surface area (Å²) in [5.41, 5.74) is 2.88. The Labute approximate surface area is 67.2 Å². The van der Waals surface area contributed by atoms with Gasteiger partial charge in [0.05, 0.1) is 5.69 Å². The lowest BCUT2D eigenvalue weighted by atomic mass is 9.86. The van der Waals surface area contributed by atoms with Gasteiger partial charge in [-0.05, 0) is 6.07 Å². The van der Waals surface area contributed by atoms with Crippen LogP contribution in [0.1, 0.15) is 0 Å². The Morgan fingerprint density at radius 2 is 2.09 bits per heavy atom. The molecule has 52 valence electrons. The van der Waals surface area contributed by atoms with E-state index in [-0.39, 0.29) is 0 Å². The molecule has 11 heavy (non-hydrogen) atoms. The standard InChI is InChI=1S/C7H7B2NO/c8-5-1-2-7(10-4-11)6(9)3-5/h1-3H,8-9H2. The van der Waals surface area contributed by atoms with Gasteiger partial charge in [0.1, 0.15) is 15.7 Å². The van der Waals surface area contributed by atoms with Crippen LogP contribution in [-0.4, -0.2) is 21.8 Å². The van der Waals surface area contributed by atoms with E-state index in [1.807, 2.05) is 33.9 Å². The molecule has 0 spiro atoms. The Hall–Kier alpha value is -1.27. The number of hydrogen-bond donors (Lipinski definition) is 0. The minimum absolute atomic E-state index is 0.700. The highest BCUT2D eigenvalue weighted by molar-refractivity contribution is 6.39. The molecule has 0 fully saturated rings. The molecule has 0 amide bonds. The van der Waals surface area contributed by atoms with E-state index in [9.17, 15) is 4.79 Å². The Morgan fingerprint density at radius 1 is 1.36 bits per heavy atom. The van der Waals surface area contributed by atoms with Crippen LogP contribution in [0.3, 0.4) is 0 Å².